The van der Waals surface area contributed by atoms with Gasteiger partial charge < -0.3 is 10.3 Å². The molecule has 4 rings (SSSR count). The molecule has 0 aliphatic carbocycles. The van der Waals surface area contributed by atoms with Gasteiger partial charge >= 0.3 is 0 Å². The second kappa shape index (κ2) is 7.99. The summed E-state index contributed by atoms with van der Waals surface area (Å²) in [5, 5.41) is 12.7. The third-order valence-corrected chi connectivity index (χ3v) is 5.12. The van der Waals surface area contributed by atoms with E-state index in [1.807, 2.05) is 12.1 Å². The van der Waals surface area contributed by atoms with E-state index in [4.69, 9.17) is 23.2 Å². The molecule has 2 N–H and O–H groups in total. The van der Waals surface area contributed by atoms with E-state index in [1.54, 1.807) is 0 Å². The lowest BCUT2D eigenvalue weighted by molar-refractivity contribution is 0.825. The normalized spacial score (nSPS) is 11.0. The summed E-state index contributed by atoms with van der Waals surface area (Å²) in [6.45, 7) is 0. The molecule has 0 unspecified atom stereocenters. The number of fused-ring (bicyclic) bond motifs is 1. The third kappa shape index (κ3) is 4.07. The Labute approximate surface area is 167 Å². The van der Waals surface area contributed by atoms with E-state index < -0.39 is 0 Å². The monoisotopic (exact) mass is 396 g/mol. The second-order valence-electron chi connectivity index (χ2n) is 6.39. The van der Waals surface area contributed by atoms with E-state index in [0.29, 0.717) is 10.7 Å². The van der Waals surface area contributed by atoms with Gasteiger partial charge in [-0.25, -0.2) is 0 Å². The number of halogens is 2. The maximum Gasteiger partial charge on any atom is 0.176 e. The van der Waals surface area contributed by atoms with Crippen molar-refractivity contribution in [2.75, 3.05) is 5.32 Å². The van der Waals surface area contributed by atoms with Gasteiger partial charge in [0.05, 0.1) is 16.9 Å². The number of rotatable bonds is 6. The highest BCUT2D eigenvalue weighted by molar-refractivity contribution is 6.38. The molecule has 6 heteroatoms. The number of aromatic nitrogens is 3. The van der Waals surface area contributed by atoms with E-state index in [9.17, 15) is 0 Å². The lowest BCUT2D eigenvalue weighted by Gasteiger charge is -2.09. The van der Waals surface area contributed by atoms with Crippen LogP contribution in [0.15, 0.2) is 60.9 Å². The molecule has 0 saturated carbocycles. The van der Waals surface area contributed by atoms with E-state index in [-0.39, 0.29) is 5.15 Å². The van der Waals surface area contributed by atoms with Crippen molar-refractivity contribution in [2.24, 2.45) is 0 Å². The molecule has 0 fully saturated rings. The van der Waals surface area contributed by atoms with Gasteiger partial charge in [-0.05, 0) is 48.6 Å². The van der Waals surface area contributed by atoms with Gasteiger partial charge in [-0.15, -0.1) is 5.10 Å². The molecule has 0 amide bonds. The summed E-state index contributed by atoms with van der Waals surface area (Å²) in [6.07, 6.45) is 6.76. The summed E-state index contributed by atoms with van der Waals surface area (Å²) in [4.78, 5) is 3.34. The maximum atomic E-state index is 6.12. The van der Waals surface area contributed by atoms with Crippen LogP contribution in [0.5, 0.6) is 0 Å². The highest BCUT2D eigenvalue weighted by Gasteiger charge is 2.08. The van der Waals surface area contributed by atoms with Crippen LogP contribution in [0.2, 0.25) is 10.2 Å². The van der Waals surface area contributed by atoms with E-state index in [1.165, 1.54) is 28.2 Å². The van der Waals surface area contributed by atoms with Crippen molar-refractivity contribution in [1.29, 1.82) is 0 Å². The molecule has 2 heterocycles. The smallest absolute Gasteiger partial charge is 0.176 e. The van der Waals surface area contributed by atoms with Crippen molar-refractivity contribution in [3.05, 3.63) is 82.2 Å². The first-order valence-electron chi connectivity index (χ1n) is 8.78. The first kappa shape index (κ1) is 17.8. The van der Waals surface area contributed by atoms with Crippen LogP contribution in [0.3, 0.4) is 0 Å². The van der Waals surface area contributed by atoms with Crippen LogP contribution in [0.1, 0.15) is 17.5 Å². The average Bonchev–Trinajstić information content (AvgIpc) is 3.09. The lowest BCUT2D eigenvalue weighted by atomic mass is 10.0. The van der Waals surface area contributed by atoms with Crippen molar-refractivity contribution < 1.29 is 0 Å². The van der Waals surface area contributed by atoms with Crippen molar-refractivity contribution in [3.8, 4) is 0 Å². The molecule has 0 atom stereocenters. The van der Waals surface area contributed by atoms with Crippen LogP contribution in [-0.2, 0) is 12.8 Å². The summed E-state index contributed by atoms with van der Waals surface area (Å²) in [5.74, 6) is 0. The van der Waals surface area contributed by atoms with Gasteiger partial charge in [0, 0.05) is 22.8 Å². The number of hydrogen-bond acceptors (Lipinski definition) is 3. The SMILES string of the molecule is Clc1cnnc(Cl)c1Nc1ccc(CCCc2c[nH]c3ccccc23)cc1. The molecule has 4 nitrogen and oxygen atoms in total. The van der Waals surface area contributed by atoms with Gasteiger partial charge in [0.2, 0.25) is 0 Å². The second-order valence-corrected chi connectivity index (χ2v) is 7.16. The number of H-pyrrole nitrogens is 1. The number of anilines is 2. The summed E-state index contributed by atoms with van der Waals surface area (Å²) >= 11 is 12.2. The van der Waals surface area contributed by atoms with Gasteiger partial charge in [0.25, 0.3) is 0 Å². The molecule has 2 aromatic heterocycles. The lowest BCUT2D eigenvalue weighted by Crippen LogP contribution is -1.96. The molecule has 0 aliphatic rings. The highest BCUT2D eigenvalue weighted by atomic mass is 35.5. The Morgan fingerprint density at radius 1 is 0.963 bits per heavy atom. The molecular formula is C21H18Cl2N4. The predicted octanol–water partition coefficient (Wildman–Crippen LogP) is 6.18. The van der Waals surface area contributed by atoms with Gasteiger partial charge in [-0.1, -0.05) is 53.5 Å². The van der Waals surface area contributed by atoms with Crippen LogP contribution >= 0.6 is 23.2 Å². The molecule has 2 aromatic carbocycles. The number of nitrogens with one attached hydrogen (secondary N) is 2. The molecule has 27 heavy (non-hydrogen) atoms. The van der Waals surface area contributed by atoms with E-state index in [0.717, 1.165) is 24.9 Å². The van der Waals surface area contributed by atoms with Crippen LogP contribution in [0, 0.1) is 0 Å². The van der Waals surface area contributed by atoms with Crippen LogP contribution in [0.25, 0.3) is 10.9 Å². The number of aryl methyl sites for hydroxylation is 2. The number of para-hydroxylation sites is 1. The predicted molar refractivity (Wildman–Crippen MR) is 112 cm³/mol. The quantitative estimate of drug-likeness (QED) is 0.408. The van der Waals surface area contributed by atoms with Crippen molar-refractivity contribution in [3.63, 3.8) is 0 Å². The van der Waals surface area contributed by atoms with Gasteiger partial charge in [-0.2, -0.15) is 5.10 Å². The first-order valence-corrected chi connectivity index (χ1v) is 9.54. The Balaban J connectivity index is 1.37. The summed E-state index contributed by atoms with van der Waals surface area (Å²) in [6, 6.07) is 16.7. The van der Waals surface area contributed by atoms with Gasteiger partial charge in [0.15, 0.2) is 5.15 Å². The van der Waals surface area contributed by atoms with Crippen LogP contribution in [0.4, 0.5) is 11.4 Å². The largest absolute Gasteiger partial charge is 0.361 e. The number of aromatic amines is 1. The Morgan fingerprint density at radius 2 is 1.78 bits per heavy atom. The van der Waals surface area contributed by atoms with Crippen molar-refractivity contribution in [2.45, 2.75) is 19.3 Å². The Kier molecular flexibility index (Phi) is 5.28. The fourth-order valence-electron chi connectivity index (χ4n) is 3.18. The highest BCUT2D eigenvalue weighted by Crippen LogP contribution is 2.30. The zero-order valence-corrected chi connectivity index (χ0v) is 16.1. The topological polar surface area (TPSA) is 53.6 Å². The molecule has 0 saturated heterocycles. The Hall–Kier alpha value is -2.56. The molecule has 0 bridgehead atoms. The third-order valence-electron chi connectivity index (χ3n) is 4.57. The Bertz CT molecular complexity index is 1040. The zero-order valence-electron chi connectivity index (χ0n) is 14.5. The fraction of sp³-hybridized carbons (Fsp3) is 0.143. The first-order chi connectivity index (χ1) is 13.2. The van der Waals surface area contributed by atoms with Crippen molar-refractivity contribution >= 4 is 45.5 Å². The van der Waals surface area contributed by atoms with Crippen LogP contribution in [-0.4, -0.2) is 15.2 Å². The minimum absolute atomic E-state index is 0.255. The van der Waals surface area contributed by atoms with E-state index >= 15 is 0 Å². The van der Waals surface area contributed by atoms with Gasteiger partial charge in [-0.3, -0.25) is 0 Å². The number of nitrogens with zero attached hydrogens (tertiary/aromatic N) is 2. The molecule has 0 aliphatic heterocycles. The fourth-order valence-corrected chi connectivity index (χ4v) is 3.60. The minimum Gasteiger partial charge on any atom is -0.361 e. The standard InChI is InChI=1S/C21H18Cl2N4/c22-18-13-25-27-21(23)20(18)26-16-10-8-14(9-11-16)4-3-5-15-12-24-19-7-2-1-6-17(15)19/h1-2,6-13,24H,3-5H2,(H,25,26). The number of hydrogen-bond donors (Lipinski definition) is 2. The summed E-state index contributed by atoms with van der Waals surface area (Å²) in [5.41, 5.74) is 5.35. The Morgan fingerprint density at radius 3 is 2.59 bits per heavy atom. The molecular weight excluding hydrogens is 379 g/mol. The zero-order chi connectivity index (χ0) is 18.6. The molecule has 0 spiro atoms. The maximum absolute atomic E-state index is 6.12. The average molecular weight is 397 g/mol. The van der Waals surface area contributed by atoms with Gasteiger partial charge in [0.1, 0.15) is 0 Å². The molecule has 0 radical (unpaired) electrons. The summed E-state index contributed by atoms with van der Waals surface area (Å²) in [7, 11) is 0. The van der Waals surface area contributed by atoms with Crippen molar-refractivity contribution in [1.82, 2.24) is 15.2 Å². The minimum atomic E-state index is 0.255. The van der Waals surface area contributed by atoms with E-state index in [2.05, 4.69) is 63.1 Å². The molecule has 136 valence electrons. The molecule has 4 aromatic rings. The number of benzene rings is 2. The summed E-state index contributed by atoms with van der Waals surface area (Å²) < 4.78 is 0. The van der Waals surface area contributed by atoms with Crippen LogP contribution < -0.4 is 5.32 Å².